The molecule has 9 heteroatoms. The molecule has 166 valence electrons. The Kier molecular flexibility index (Phi) is 7.57. The topological polar surface area (TPSA) is 61.9 Å². The van der Waals surface area contributed by atoms with E-state index >= 15 is 0 Å². The van der Waals surface area contributed by atoms with Gasteiger partial charge in [-0.1, -0.05) is 34.8 Å². The van der Waals surface area contributed by atoms with E-state index in [-0.39, 0.29) is 24.2 Å². The van der Waals surface area contributed by atoms with Gasteiger partial charge >= 0.3 is 0 Å². The summed E-state index contributed by atoms with van der Waals surface area (Å²) in [6.45, 7) is 7.86. The lowest BCUT2D eigenvalue weighted by Crippen LogP contribution is -2.48. The Bertz CT molecular complexity index is 959. The van der Waals surface area contributed by atoms with Crippen LogP contribution in [0.3, 0.4) is 0 Å². The first-order valence-electron chi connectivity index (χ1n) is 9.86. The first-order chi connectivity index (χ1) is 14.7. The molecule has 0 aliphatic carbocycles. The highest BCUT2D eigenvalue weighted by Gasteiger charge is 2.20. The number of hydrogen-bond acceptors (Lipinski definition) is 4. The highest BCUT2D eigenvalue weighted by molar-refractivity contribution is 6.42. The summed E-state index contributed by atoms with van der Waals surface area (Å²) in [7, 11) is 0. The van der Waals surface area contributed by atoms with Crippen molar-refractivity contribution in [2.75, 3.05) is 43.0 Å². The summed E-state index contributed by atoms with van der Waals surface area (Å²) in [4.78, 5) is 27.8. The van der Waals surface area contributed by atoms with Crippen molar-refractivity contribution in [2.24, 2.45) is 0 Å². The highest BCUT2D eigenvalue weighted by atomic mass is 35.5. The molecule has 6 nitrogen and oxygen atoms in total. The molecule has 1 fully saturated rings. The molecule has 2 amide bonds. The van der Waals surface area contributed by atoms with Gasteiger partial charge in [-0.05, 0) is 49.2 Å². The lowest BCUT2D eigenvalue weighted by Gasteiger charge is -2.35. The number of hydrogen-bond donors (Lipinski definition) is 1. The van der Waals surface area contributed by atoms with Gasteiger partial charge in [0.2, 0.25) is 5.91 Å². The van der Waals surface area contributed by atoms with Crippen LogP contribution in [-0.2, 0) is 9.59 Å². The fourth-order valence-corrected chi connectivity index (χ4v) is 4.23. The van der Waals surface area contributed by atoms with E-state index in [1.54, 1.807) is 20.8 Å². The number of rotatable bonds is 5. The van der Waals surface area contributed by atoms with Crippen LogP contribution in [0.4, 0.5) is 11.4 Å². The molecule has 1 saturated heterocycles. The number of benzene rings is 2. The Morgan fingerprint density at radius 3 is 2.00 bits per heavy atom. The van der Waals surface area contributed by atoms with E-state index in [9.17, 15) is 9.59 Å². The lowest BCUT2D eigenvalue weighted by molar-refractivity contribution is -0.129. The maximum absolute atomic E-state index is 12.3. The number of anilines is 2. The number of ether oxygens (including phenoxy) is 1. The van der Waals surface area contributed by atoms with Gasteiger partial charge in [0.05, 0.1) is 10.0 Å². The molecule has 3 rings (SSSR count). The van der Waals surface area contributed by atoms with Gasteiger partial charge in [0, 0.05) is 49.5 Å². The van der Waals surface area contributed by atoms with E-state index in [2.05, 4.69) is 10.2 Å². The van der Waals surface area contributed by atoms with Crippen molar-refractivity contribution in [3.05, 3.63) is 50.5 Å². The Hall–Kier alpha value is -2.15. The zero-order chi connectivity index (χ0) is 22.7. The zero-order valence-electron chi connectivity index (χ0n) is 17.6. The molecule has 0 atom stereocenters. The van der Waals surface area contributed by atoms with Crippen LogP contribution in [0.15, 0.2) is 24.3 Å². The second-order valence-electron chi connectivity index (χ2n) is 7.40. The second kappa shape index (κ2) is 9.98. The Morgan fingerprint density at radius 1 is 0.935 bits per heavy atom. The van der Waals surface area contributed by atoms with Gasteiger partial charge in [0.15, 0.2) is 12.4 Å². The maximum Gasteiger partial charge on any atom is 0.262 e. The summed E-state index contributed by atoms with van der Waals surface area (Å²) in [6, 6.07) is 7.56. The number of nitrogens with one attached hydrogen (secondary N) is 1. The van der Waals surface area contributed by atoms with Gasteiger partial charge in [0.1, 0.15) is 0 Å². The highest BCUT2D eigenvalue weighted by Crippen LogP contribution is 2.42. The number of carbonyl (C=O) groups is 2. The largest absolute Gasteiger partial charge is 0.481 e. The SMILES string of the molecule is CC(=O)N1CCN(c2ccc(NC(=O)COc3c(Cl)c(C)c(Cl)c(C)c3Cl)cc2)CC1. The second-order valence-corrected chi connectivity index (χ2v) is 8.53. The van der Waals surface area contributed by atoms with Gasteiger partial charge < -0.3 is 19.9 Å². The molecule has 0 radical (unpaired) electrons. The number of nitrogens with zero attached hydrogens (tertiary/aromatic N) is 2. The van der Waals surface area contributed by atoms with Crippen molar-refractivity contribution in [3.8, 4) is 5.75 Å². The summed E-state index contributed by atoms with van der Waals surface area (Å²) in [5.41, 5.74) is 3.00. The summed E-state index contributed by atoms with van der Waals surface area (Å²) in [6.07, 6.45) is 0. The quantitative estimate of drug-likeness (QED) is 0.652. The average Bonchev–Trinajstić information content (AvgIpc) is 2.77. The molecule has 1 aliphatic heterocycles. The lowest BCUT2D eigenvalue weighted by atomic mass is 10.1. The summed E-state index contributed by atoms with van der Waals surface area (Å²) < 4.78 is 5.59. The van der Waals surface area contributed by atoms with Crippen LogP contribution in [0.25, 0.3) is 0 Å². The van der Waals surface area contributed by atoms with Gasteiger partial charge in [-0.25, -0.2) is 0 Å². The van der Waals surface area contributed by atoms with Crippen LogP contribution in [0, 0.1) is 13.8 Å². The molecule has 0 aromatic heterocycles. The van der Waals surface area contributed by atoms with Crippen LogP contribution in [-0.4, -0.2) is 49.5 Å². The van der Waals surface area contributed by atoms with Crippen molar-refractivity contribution in [1.29, 1.82) is 0 Å². The summed E-state index contributed by atoms with van der Waals surface area (Å²) >= 11 is 18.8. The third-order valence-electron chi connectivity index (χ3n) is 5.30. The predicted octanol–water partition coefficient (Wildman–Crippen LogP) is 4.95. The standard InChI is InChI=1S/C22H24Cl3N3O3/c1-13-19(23)14(2)21(25)22(20(13)24)31-12-18(30)26-16-4-6-17(7-5-16)28-10-8-27(9-11-28)15(3)29/h4-7H,8-12H2,1-3H3,(H,26,30). The van der Waals surface area contributed by atoms with E-state index < -0.39 is 0 Å². The summed E-state index contributed by atoms with van der Waals surface area (Å²) in [5, 5.41) is 3.87. The van der Waals surface area contributed by atoms with Crippen molar-refractivity contribution < 1.29 is 14.3 Å². The van der Waals surface area contributed by atoms with E-state index in [1.165, 1.54) is 0 Å². The minimum atomic E-state index is -0.333. The molecule has 1 N–H and O–H groups in total. The minimum Gasteiger partial charge on any atom is -0.481 e. The Balaban J connectivity index is 1.57. The van der Waals surface area contributed by atoms with E-state index in [0.29, 0.717) is 45.0 Å². The van der Waals surface area contributed by atoms with Gasteiger partial charge in [0.25, 0.3) is 5.91 Å². The van der Waals surface area contributed by atoms with Crippen molar-refractivity contribution in [3.63, 3.8) is 0 Å². The molecule has 2 aromatic rings. The van der Waals surface area contributed by atoms with Crippen LogP contribution in [0.5, 0.6) is 5.75 Å². The maximum atomic E-state index is 12.3. The first-order valence-corrected chi connectivity index (χ1v) is 11.0. The van der Waals surface area contributed by atoms with Crippen LogP contribution >= 0.6 is 34.8 Å². The Labute approximate surface area is 197 Å². The number of halogens is 3. The number of amides is 2. The predicted molar refractivity (Wildman–Crippen MR) is 126 cm³/mol. The molecular formula is C22H24Cl3N3O3. The number of carbonyl (C=O) groups excluding carboxylic acids is 2. The van der Waals surface area contributed by atoms with Crippen molar-refractivity contribution in [1.82, 2.24) is 4.90 Å². The van der Waals surface area contributed by atoms with E-state index in [4.69, 9.17) is 39.5 Å². The Morgan fingerprint density at radius 2 is 1.48 bits per heavy atom. The van der Waals surface area contributed by atoms with Crippen molar-refractivity contribution in [2.45, 2.75) is 20.8 Å². The monoisotopic (exact) mass is 483 g/mol. The summed E-state index contributed by atoms with van der Waals surface area (Å²) in [5.74, 6) is 0.0181. The third-order valence-corrected chi connectivity index (χ3v) is 6.78. The normalized spacial score (nSPS) is 13.9. The molecular weight excluding hydrogens is 461 g/mol. The van der Waals surface area contributed by atoms with E-state index in [0.717, 1.165) is 18.8 Å². The third kappa shape index (κ3) is 5.37. The molecule has 31 heavy (non-hydrogen) atoms. The van der Waals surface area contributed by atoms with E-state index in [1.807, 2.05) is 29.2 Å². The van der Waals surface area contributed by atoms with Crippen LogP contribution < -0.4 is 15.0 Å². The molecule has 1 heterocycles. The van der Waals surface area contributed by atoms with Crippen molar-refractivity contribution >= 4 is 58.0 Å². The number of piperazine rings is 1. The first kappa shape index (κ1) is 23.5. The average molecular weight is 485 g/mol. The fourth-order valence-electron chi connectivity index (χ4n) is 3.41. The minimum absolute atomic E-state index is 0.103. The molecule has 0 bridgehead atoms. The van der Waals surface area contributed by atoms with Crippen LogP contribution in [0.2, 0.25) is 15.1 Å². The molecule has 1 aliphatic rings. The molecule has 0 spiro atoms. The van der Waals surface area contributed by atoms with Gasteiger partial charge in [-0.2, -0.15) is 0 Å². The smallest absolute Gasteiger partial charge is 0.262 e. The zero-order valence-corrected chi connectivity index (χ0v) is 19.9. The van der Waals surface area contributed by atoms with Crippen LogP contribution in [0.1, 0.15) is 18.1 Å². The molecule has 2 aromatic carbocycles. The van der Waals surface area contributed by atoms with Gasteiger partial charge in [-0.15, -0.1) is 0 Å². The molecule has 0 saturated carbocycles. The fraction of sp³-hybridized carbons (Fsp3) is 0.364. The van der Waals surface area contributed by atoms with Gasteiger partial charge in [-0.3, -0.25) is 9.59 Å². The molecule has 0 unspecified atom stereocenters.